The van der Waals surface area contributed by atoms with Crippen molar-refractivity contribution in [1.82, 2.24) is 9.78 Å². The van der Waals surface area contributed by atoms with Crippen molar-refractivity contribution in [3.8, 4) is 5.88 Å². The molecule has 0 fully saturated rings. The van der Waals surface area contributed by atoms with Gasteiger partial charge in [-0.05, 0) is 18.1 Å². The largest absolute Gasteiger partial charge is 0.411 e. The molecular formula is C12H24N2NaO3SSi. The van der Waals surface area contributed by atoms with Crippen LogP contribution in [-0.2, 0) is 29.2 Å². The number of nitrogens with zero attached hydrogens (tertiary/aromatic N) is 2. The molecule has 0 saturated carbocycles. The van der Waals surface area contributed by atoms with Gasteiger partial charge in [0.25, 0.3) is 0 Å². The molecule has 0 saturated heterocycles. The van der Waals surface area contributed by atoms with Crippen molar-refractivity contribution in [1.29, 1.82) is 0 Å². The Balaban J connectivity index is 0.00000361. The topological polar surface area (TPSA) is 53.4 Å². The average Bonchev–Trinajstić information content (AvgIpc) is 2.53. The Labute approximate surface area is 147 Å². The first-order chi connectivity index (χ1) is 8.53. The van der Waals surface area contributed by atoms with Gasteiger partial charge in [0.2, 0.25) is 17.0 Å². The van der Waals surface area contributed by atoms with Gasteiger partial charge in [0, 0.05) is 48.9 Å². The molecule has 1 radical (unpaired) electrons. The molecule has 0 aliphatic heterocycles. The molecule has 1 unspecified atom stereocenters. The summed E-state index contributed by atoms with van der Waals surface area (Å²) in [5.41, 5.74) is 0.922. The number of rotatable bonds is 5. The van der Waals surface area contributed by atoms with Gasteiger partial charge in [-0.2, -0.15) is 0 Å². The van der Waals surface area contributed by atoms with Gasteiger partial charge in [-0.1, -0.05) is 20.8 Å². The Morgan fingerprint density at radius 3 is 2.40 bits per heavy atom. The van der Waals surface area contributed by atoms with Crippen molar-refractivity contribution in [3.05, 3.63) is 11.8 Å². The Morgan fingerprint density at radius 1 is 1.40 bits per heavy atom. The summed E-state index contributed by atoms with van der Waals surface area (Å²) >= 11 is -1.35. The second kappa shape index (κ2) is 7.55. The molecule has 1 atom stereocenters. The van der Waals surface area contributed by atoms with Crippen LogP contribution in [0.1, 0.15) is 26.5 Å². The van der Waals surface area contributed by atoms with E-state index < -0.39 is 19.4 Å². The molecule has 5 nitrogen and oxygen atoms in total. The standard InChI is InChI=1S/C12H24N2O3SSi.Na/c1-12(2,3)19(6,7)16-9-10-8-11(13-14(10)4)17-18(5)15;/h8H,9H2,1-7H3;. The number of aromatic nitrogens is 2. The van der Waals surface area contributed by atoms with Crippen molar-refractivity contribution in [3.63, 3.8) is 0 Å². The molecule has 1 heterocycles. The maximum atomic E-state index is 11.0. The SMILES string of the molecule is Cn1nc(OS(C)=O)cc1CO[Si](C)(C)C(C)(C)C.[Na]. The van der Waals surface area contributed by atoms with Gasteiger partial charge < -0.3 is 8.61 Å². The van der Waals surface area contributed by atoms with Crippen LogP contribution in [0, 0.1) is 0 Å². The summed E-state index contributed by atoms with van der Waals surface area (Å²) in [7, 11) is 0.0539. The Morgan fingerprint density at radius 2 is 1.95 bits per heavy atom. The molecule has 0 spiro atoms. The molecule has 0 N–H and O–H groups in total. The predicted octanol–water partition coefficient (Wildman–Crippen LogP) is 2.23. The number of hydrogen-bond acceptors (Lipinski definition) is 4. The molecule has 0 amide bonds. The van der Waals surface area contributed by atoms with Gasteiger partial charge in [0.1, 0.15) is 0 Å². The zero-order valence-corrected chi connectivity index (χ0v) is 17.6. The normalized spacial score (nSPS) is 13.8. The van der Waals surface area contributed by atoms with Crippen LogP contribution < -0.4 is 4.18 Å². The van der Waals surface area contributed by atoms with Crippen LogP contribution in [0.15, 0.2) is 6.07 Å². The molecule has 20 heavy (non-hydrogen) atoms. The van der Waals surface area contributed by atoms with E-state index in [1.54, 1.807) is 10.7 Å². The first-order valence-corrected chi connectivity index (χ1v) is 10.6. The third-order valence-corrected chi connectivity index (χ3v) is 8.43. The van der Waals surface area contributed by atoms with Crippen molar-refractivity contribution in [2.75, 3.05) is 6.26 Å². The molecular weight excluding hydrogens is 303 g/mol. The van der Waals surface area contributed by atoms with Crippen LogP contribution in [0.3, 0.4) is 0 Å². The summed E-state index contributed by atoms with van der Waals surface area (Å²) < 4.78 is 23.9. The van der Waals surface area contributed by atoms with E-state index in [4.69, 9.17) is 8.61 Å². The summed E-state index contributed by atoms with van der Waals surface area (Å²) in [5.74, 6) is 0.372. The molecule has 0 bridgehead atoms. The summed E-state index contributed by atoms with van der Waals surface area (Å²) in [5, 5.41) is 4.33. The third-order valence-electron chi connectivity index (χ3n) is 3.54. The second-order valence-electron chi connectivity index (χ2n) is 6.13. The molecule has 8 heteroatoms. The maximum Gasteiger partial charge on any atom is 0.249 e. The van der Waals surface area contributed by atoms with Crippen molar-refractivity contribution < 1.29 is 12.8 Å². The summed E-state index contributed by atoms with van der Waals surface area (Å²) in [4.78, 5) is 0. The average molecular weight is 327 g/mol. The third kappa shape index (κ3) is 5.61. The number of hydrogen-bond donors (Lipinski definition) is 0. The molecule has 0 aliphatic carbocycles. The van der Waals surface area contributed by atoms with E-state index >= 15 is 0 Å². The minimum atomic E-state index is -1.78. The monoisotopic (exact) mass is 327 g/mol. The first kappa shape index (κ1) is 20.3. The van der Waals surface area contributed by atoms with E-state index in [1.807, 2.05) is 7.05 Å². The van der Waals surface area contributed by atoms with Crippen LogP contribution in [0.5, 0.6) is 5.88 Å². The van der Waals surface area contributed by atoms with Crippen molar-refractivity contribution >= 4 is 49.0 Å². The van der Waals surface area contributed by atoms with Crippen molar-refractivity contribution in [2.24, 2.45) is 7.05 Å². The van der Waals surface area contributed by atoms with Crippen LogP contribution in [0.25, 0.3) is 0 Å². The fourth-order valence-corrected chi connectivity index (χ4v) is 2.51. The zero-order chi connectivity index (χ0) is 14.8. The van der Waals surface area contributed by atoms with Gasteiger partial charge in [0.05, 0.1) is 12.3 Å². The van der Waals surface area contributed by atoms with E-state index in [2.05, 4.69) is 39.0 Å². The van der Waals surface area contributed by atoms with E-state index in [1.165, 1.54) is 6.26 Å². The van der Waals surface area contributed by atoms with E-state index in [-0.39, 0.29) is 34.6 Å². The summed E-state index contributed by atoms with van der Waals surface area (Å²) in [6, 6.07) is 1.77. The van der Waals surface area contributed by atoms with Gasteiger partial charge in [-0.25, -0.2) is 4.21 Å². The quantitative estimate of drug-likeness (QED) is 0.778. The maximum absolute atomic E-state index is 11.0. The molecule has 1 aromatic rings. The second-order valence-corrected chi connectivity index (χ2v) is 11.9. The Bertz CT molecular complexity index is 472. The number of aryl methyl sites for hydroxylation is 1. The molecule has 111 valence electrons. The van der Waals surface area contributed by atoms with E-state index in [0.717, 1.165) is 5.69 Å². The Hall–Kier alpha value is 0.337. The molecule has 0 aromatic carbocycles. The summed E-state index contributed by atoms with van der Waals surface area (Å²) in [6.07, 6.45) is 1.47. The molecule has 1 aromatic heterocycles. The smallest absolute Gasteiger partial charge is 0.249 e. The van der Waals surface area contributed by atoms with Gasteiger partial charge in [0.15, 0.2) is 8.32 Å². The van der Waals surface area contributed by atoms with Crippen molar-refractivity contribution in [2.45, 2.75) is 45.5 Å². The van der Waals surface area contributed by atoms with Crippen LogP contribution in [0.2, 0.25) is 18.1 Å². The van der Waals surface area contributed by atoms with Gasteiger partial charge in [-0.3, -0.25) is 4.68 Å². The van der Waals surface area contributed by atoms with Crippen LogP contribution in [0.4, 0.5) is 0 Å². The molecule has 1 rings (SSSR count). The van der Waals surface area contributed by atoms with Crippen LogP contribution in [-0.4, -0.2) is 58.1 Å². The first-order valence-electron chi connectivity index (χ1n) is 6.21. The fourth-order valence-electron chi connectivity index (χ4n) is 1.24. The van der Waals surface area contributed by atoms with Crippen LogP contribution >= 0.6 is 0 Å². The summed E-state index contributed by atoms with van der Waals surface area (Å²) in [6.45, 7) is 11.5. The van der Waals surface area contributed by atoms with Gasteiger partial charge in [-0.15, -0.1) is 5.10 Å². The minimum absolute atomic E-state index is 0. The van der Waals surface area contributed by atoms with E-state index in [9.17, 15) is 4.21 Å². The minimum Gasteiger partial charge on any atom is -0.411 e. The molecule has 0 aliphatic rings. The fraction of sp³-hybridized carbons (Fsp3) is 0.750. The zero-order valence-electron chi connectivity index (χ0n) is 13.8. The van der Waals surface area contributed by atoms with Gasteiger partial charge >= 0.3 is 0 Å². The Kier molecular flexibility index (Phi) is 7.68. The van der Waals surface area contributed by atoms with E-state index in [0.29, 0.717) is 12.5 Å². The predicted molar refractivity (Wildman–Crippen MR) is 85.6 cm³/mol.